The largest absolute Gasteiger partial charge is 0.313 e. The molecule has 5 rings (SSSR count). The van der Waals surface area contributed by atoms with Gasteiger partial charge in [0.15, 0.2) is 5.65 Å². The third-order valence-corrected chi connectivity index (χ3v) is 8.19. The van der Waals surface area contributed by atoms with Crippen LogP contribution in [0, 0.1) is 12.8 Å². The van der Waals surface area contributed by atoms with Gasteiger partial charge < -0.3 is 4.57 Å². The van der Waals surface area contributed by atoms with Gasteiger partial charge in [0, 0.05) is 25.8 Å². The van der Waals surface area contributed by atoms with Gasteiger partial charge in [-0.2, -0.15) is 4.31 Å². The molecule has 7 heteroatoms. The number of hydrogen-bond acceptors (Lipinski definition) is 4. The minimum Gasteiger partial charge on any atom is -0.313 e. The summed E-state index contributed by atoms with van der Waals surface area (Å²) in [5, 5.41) is 0. The third-order valence-electron chi connectivity index (χ3n) is 6.32. The lowest BCUT2D eigenvalue weighted by atomic mass is 9.99. The second-order valence-electron chi connectivity index (χ2n) is 8.27. The molecule has 0 bridgehead atoms. The van der Waals surface area contributed by atoms with Crippen LogP contribution >= 0.6 is 0 Å². The van der Waals surface area contributed by atoms with Crippen LogP contribution < -0.4 is 0 Å². The first kappa shape index (κ1) is 18.8. The topological polar surface area (TPSA) is 68.1 Å². The molecule has 1 aliphatic heterocycles. The number of benzene rings is 1. The van der Waals surface area contributed by atoms with Crippen molar-refractivity contribution in [2.24, 2.45) is 5.92 Å². The summed E-state index contributed by atoms with van der Waals surface area (Å²) in [6, 6.07) is 9.56. The molecule has 1 aromatic carbocycles. The molecule has 0 amide bonds. The van der Waals surface area contributed by atoms with E-state index in [1.54, 1.807) is 16.6 Å². The Labute approximate surface area is 171 Å². The number of nitrogens with zero attached hydrogens (tertiary/aromatic N) is 4. The number of rotatable bonds is 4. The summed E-state index contributed by atoms with van der Waals surface area (Å²) < 4.78 is 30.4. The first-order chi connectivity index (χ1) is 14.0. The number of imidazole rings is 1. The van der Waals surface area contributed by atoms with Crippen LogP contribution in [0.2, 0.25) is 0 Å². The Kier molecular flexibility index (Phi) is 4.67. The van der Waals surface area contributed by atoms with Crippen LogP contribution in [0.3, 0.4) is 0 Å². The molecule has 1 aliphatic carbocycles. The lowest BCUT2D eigenvalue weighted by molar-refractivity contribution is 0.245. The highest BCUT2D eigenvalue weighted by Gasteiger charge is 2.31. The zero-order chi connectivity index (χ0) is 20.0. The fourth-order valence-corrected chi connectivity index (χ4v) is 6.41. The molecular weight excluding hydrogens is 384 g/mol. The van der Waals surface area contributed by atoms with E-state index in [9.17, 15) is 8.42 Å². The van der Waals surface area contributed by atoms with Crippen LogP contribution in [-0.4, -0.2) is 40.3 Å². The highest BCUT2D eigenvalue weighted by molar-refractivity contribution is 7.89. The molecule has 0 spiro atoms. The van der Waals surface area contributed by atoms with Crippen LogP contribution in [0.4, 0.5) is 0 Å². The van der Waals surface area contributed by atoms with Gasteiger partial charge in [-0.25, -0.2) is 18.4 Å². The van der Waals surface area contributed by atoms with Gasteiger partial charge in [-0.1, -0.05) is 6.07 Å². The second kappa shape index (κ2) is 7.22. The first-order valence-electron chi connectivity index (χ1n) is 10.4. The highest BCUT2D eigenvalue weighted by Crippen LogP contribution is 2.29. The molecule has 1 saturated heterocycles. The van der Waals surface area contributed by atoms with Crippen molar-refractivity contribution in [2.75, 3.05) is 13.1 Å². The SMILES string of the molecule is Cc1nc2cccnc2n1CC1CCCN(S(=O)(=O)c2ccc3c(c2)CCC3)C1. The van der Waals surface area contributed by atoms with Gasteiger partial charge in [-0.3, -0.25) is 0 Å². The Morgan fingerprint density at radius 1 is 1.14 bits per heavy atom. The normalized spacial score (nSPS) is 20.2. The predicted molar refractivity (Wildman–Crippen MR) is 112 cm³/mol. The van der Waals surface area contributed by atoms with Crippen molar-refractivity contribution in [3.8, 4) is 0 Å². The monoisotopic (exact) mass is 410 g/mol. The Hall–Kier alpha value is -2.25. The van der Waals surface area contributed by atoms with Crippen molar-refractivity contribution in [2.45, 2.75) is 50.5 Å². The number of aromatic nitrogens is 3. The van der Waals surface area contributed by atoms with E-state index in [-0.39, 0.29) is 5.92 Å². The summed E-state index contributed by atoms with van der Waals surface area (Å²) in [7, 11) is -3.46. The molecule has 6 nitrogen and oxygen atoms in total. The minimum absolute atomic E-state index is 0.256. The van der Waals surface area contributed by atoms with E-state index < -0.39 is 10.0 Å². The van der Waals surface area contributed by atoms with Crippen molar-refractivity contribution in [3.05, 3.63) is 53.5 Å². The third kappa shape index (κ3) is 3.36. The summed E-state index contributed by atoms with van der Waals surface area (Å²) >= 11 is 0. The van der Waals surface area contributed by atoms with Gasteiger partial charge in [0.05, 0.1) is 4.90 Å². The molecule has 1 atom stereocenters. The van der Waals surface area contributed by atoms with E-state index >= 15 is 0 Å². The van der Waals surface area contributed by atoms with Crippen LogP contribution in [0.15, 0.2) is 41.4 Å². The van der Waals surface area contributed by atoms with Crippen molar-refractivity contribution >= 4 is 21.2 Å². The molecule has 1 fully saturated rings. The molecule has 2 aliphatic rings. The van der Waals surface area contributed by atoms with Gasteiger partial charge in [0.25, 0.3) is 0 Å². The average Bonchev–Trinajstić information content (AvgIpc) is 3.32. The first-order valence-corrected chi connectivity index (χ1v) is 11.9. The maximum absolute atomic E-state index is 13.3. The molecular formula is C22H26N4O2S. The van der Waals surface area contributed by atoms with Gasteiger partial charge in [0.2, 0.25) is 10.0 Å². The second-order valence-corrected chi connectivity index (χ2v) is 10.2. The van der Waals surface area contributed by atoms with Crippen molar-refractivity contribution in [3.63, 3.8) is 0 Å². The van der Waals surface area contributed by atoms with Crippen LogP contribution in [-0.2, 0) is 29.4 Å². The van der Waals surface area contributed by atoms with Crippen LogP contribution in [0.1, 0.15) is 36.2 Å². The zero-order valence-electron chi connectivity index (χ0n) is 16.7. The van der Waals surface area contributed by atoms with E-state index in [0.717, 1.165) is 55.6 Å². The molecule has 3 aromatic rings. The van der Waals surface area contributed by atoms with Gasteiger partial charge in [-0.15, -0.1) is 0 Å². The molecule has 29 heavy (non-hydrogen) atoms. The fourth-order valence-electron chi connectivity index (χ4n) is 4.80. The molecule has 152 valence electrons. The Morgan fingerprint density at radius 3 is 2.90 bits per heavy atom. The quantitative estimate of drug-likeness (QED) is 0.662. The maximum atomic E-state index is 13.3. The van der Waals surface area contributed by atoms with Gasteiger partial charge in [0.1, 0.15) is 11.3 Å². The Balaban J connectivity index is 1.38. The standard InChI is InChI=1S/C22H26N4O2S/c1-16-24-21-8-3-11-23-22(21)26(16)15-17-5-4-12-25(14-17)29(27,28)20-10-9-18-6-2-7-19(18)13-20/h3,8-11,13,17H,2,4-7,12,14-15H2,1H3. The average molecular weight is 411 g/mol. The van der Waals surface area contributed by atoms with E-state index in [1.807, 2.05) is 31.2 Å². The van der Waals surface area contributed by atoms with E-state index in [1.165, 1.54) is 11.1 Å². The van der Waals surface area contributed by atoms with Crippen LogP contribution in [0.25, 0.3) is 11.2 Å². The number of sulfonamides is 1. The van der Waals surface area contributed by atoms with E-state index in [0.29, 0.717) is 18.0 Å². The van der Waals surface area contributed by atoms with E-state index in [2.05, 4.69) is 14.5 Å². The summed E-state index contributed by atoms with van der Waals surface area (Å²) in [6.07, 6.45) is 6.85. The lowest BCUT2D eigenvalue weighted by Crippen LogP contribution is -2.41. The minimum atomic E-state index is -3.46. The Bertz CT molecular complexity index is 1170. The number of aryl methyl sites for hydroxylation is 3. The van der Waals surface area contributed by atoms with Crippen molar-refractivity contribution in [1.29, 1.82) is 0 Å². The summed E-state index contributed by atoms with van der Waals surface area (Å²) in [5.41, 5.74) is 4.27. The van der Waals surface area contributed by atoms with Gasteiger partial charge in [-0.05, 0) is 80.3 Å². The van der Waals surface area contributed by atoms with Gasteiger partial charge >= 0.3 is 0 Å². The number of piperidine rings is 1. The lowest BCUT2D eigenvalue weighted by Gasteiger charge is -2.32. The molecule has 1 unspecified atom stereocenters. The molecule has 3 heterocycles. The predicted octanol–water partition coefficient (Wildman–Crippen LogP) is 3.33. The molecule has 0 saturated carbocycles. The Morgan fingerprint density at radius 2 is 2.00 bits per heavy atom. The fraction of sp³-hybridized carbons (Fsp3) is 0.455. The molecule has 0 radical (unpaired) electrons. The summed E-state index contributed by atoms with van der Waals surface area (Å²) in [6.45, 7) is 3.88. The summed E-state index contributed by atoms with van der Waals surface area (Å²) in [4.78, 5) is 9.53. The highest BCUT2D eigenvalue weighted by atomic mass is 32.2. The number of fused-ring (bicyclic) bond motifs is 2. The van der Waals surface area contributed by atoms with Crippen LogP contribution in [0.5, 0.6) is 0 Å². The zero-order valence-corrected chi connectivity index (χ0v) is 17.5. The molecule has 0 N–H and O–H groups in total. The van der Waals surface area contributed by atoms with Crippen molar-refractivity contribution < 1.29 is 8.42 Å². The maximum Gasteiger partial charge on any atom is 0.243 e. The summed E-state index contributed by atoms with van der Waals surface area (Å²) in [5.74, 6) is 1.18. The smallest absolute Gasteiger partial charge is 0.243 e. The van der Waals surface area contributed by atoms with Crippen molar-refractivity contribution in [1.82, 2.24) is 18.8 Å². The number of pyridine rings is 1. The van der Waals surface area contributed by atoms with E-state index in [4.69, 9.17) is 0 Å². The molecule has 2 aromatic heterocycles. The number of hydrogen-bond donors (Lipinski definition) is 0.